The quantitative estimate of drug-likeness (QED) is 0.587. The second-order valence-corrected chi connectivity index (χ2v) is 8.86. The van der Waals surface area contributed by atoms with Crippen LogP contribution in [0, 0.1) is 0 Å². The molecule has 0 saturated carbocycles. The second-order valence-electron chi connectivity index (χ2n) is 8.86. The Hall–Kier alpha value is -3.55. The fourth-order valence-electron chi connectivity index (χ4n) is 5.11. The van der Waals surface area contributed by atoms with E-state index in [2.05, 4.69) is 24.3 Å². The summed E-state index contributed by atoms with van der Waals surface area (Å²) in [5, 5.41) is 1.53. The van der Waals surface area contributed by atoms with Gasteiger partial charge in [0.2, 0.25) is 11.7 Å². The van der Waals surface area contributed by atoms with Gasteiger partial charge in [0.05, 0.1) is 18.8 Å². The average molecular weight is 443 g/mol. The van der Waals surface area contributed by atoms with Crippen LogP contribution in [0.15, 0.2) is 71.7 Å². The third-order valence-corrected chi connectivity index (χ3v) is 6.74. The number of benzene rings is 3. The molecule has 0 saturated heterocycles. The number of ether oxygens (including phenoxy) is 2. The van der Waals surface area contributed by atoms with Gasteiger partial charge < -0.3 is 20.9 Å². The molecule has 3 aliphatic heterocycles. The van der Waals surface area contributed by atoms with Crippen molar-refractivity contribution in [3.8, 4) is 16.9 Å². The number of hydrogen-bond donors (Lipinski definition) is 2. The Kier molecular flexibility index (Phi) is 4.57. The Balaban J connectivity index is 1.45. The van der Waals surface area contributed by atoms with E-state index in [0.717, 1.165) is 22.4 Å². The number of nitrogens with two attached hydrogens (primary N) is 2. The predicted octanol–water partition coefficient (Wildman–Crippen LogP) is 3.75. The van der Waals surface area contributed by atoms with Gasteiger partial charge in [-0.1, -0.05) is 42.5 Å². The van der Waals surface area contributed by atoms with Crippen LogP contribution in [0.4, 0.5) is 5.69 Å². The second kappa shape index (κ2) is 7.50. The molecule has 0 aliphatic carbocycles. The van der Waals surface area contributed by atoms with Crippen molar-refractivity contribution in [2.45, 2.75) is 30.8 Å². The third kappa shape index (κ3) is 3.32. The fourth-order valence-corrected chi connectivity index (χ4v) is 5.11. The van der Waals surface area contributed by atoms with Crippen molar-refractivity contribution in [1.29, 1.82) is 0 Å². The van der Waals surface area contributed by atoms with E-state index in [0.29, 0.717) is 31.3 Å². The van der Waals surface area contributed by atoms with E-state index in [1.54, 1.807) is 7.05 Å². The summed E-state index contributed by atoms with van der Waals surface area (Å²) in [4.78, 5) is 11.1. The maximum absolute atomic E-state index is 6.59. The molecule has 3 atom stereocenters. The zero-order valence-electron chi connectivity index (χ0n) is 18.4. The Morgan fingerprint density at radius 3 is 2.67 bits per heavy atom. The molecular weight excluding hydrogens is 416 g/mol. The molecule has 3 unspecified atom stereocenters. The van der Waals surface area contributed by atoms with Crippen molar-refractivity contribution in [3.63, 3.8) is 0 Å². The molecule has 0 amide bonds. The summed E-state index contributed by atoms with van der Waals surface area (Å²) < 4.78 is 12.5. The highest BCUT2D eigenvalue weighted by Gasteiger charge is 2.51. The van der Waals surface area contributed by atoms with Gasteiger partial charge in [0.15, 0.2) is 0 Å². The lowest BCUT2D eigenvalue weighted by Gasteiger charge is -2.41. The van der Waals surface area contributed by atoms with E-state index in [4.69, 9.17) is 30.8 Å². The van der Waals surface area contributed by atoms with Gasteiger partial charge in [0.1, 0.15) is 11.9 Å². The highest BCUT2D eigenvalue weighted by molar-refractivity contribution is 5.79. The molecule has 0 aromatic heterocycles. The molecule has 3 aromatic carbocycles. The maximum Gasteiger partial charge on any atom is 0.221 e. The fraction of sp³-hybridized carbons (Fsp3) is 0.269. The van der Waals surface area contributed by atoms with Crippen molar-refractivity contribution < 1.29 is 14.3 Å². The summed E-state index contributed by atoms with van der Waals surface area (Å²) in [7, 11) is 1.78. The summed E-state index contributed by atoms with van der Waals surface area (Å²) in [6, 6.07) is 22.3. The maximum atomic E-state index is 6.59. The van der Waals surface area contributed by atoms with Gasteiger partial charge in [-0.3, -0.25) is 0 Å². The van der Waals surface area contributed by atoms with Crippen LogP contribution in [0.1, 0.15) is 29.0 Å². The van der Waals surface area contributed by atoms with Gasteiger partial charge in [-0.05, 0) is 46.5 Å². The van der Waals surface area contributed by atoms with Crippen LogP contribution in [-0.4, -0.2) is 30.8 Å². The molecule has 1 spiro atoms. The number of rotatable bonds is 2. The molecule has 7 heteroatoms. The molecule has 0 bridgehead atoms. The van der Waals surface area contributed by atoms with Gasteiger partial charge in [-0.25, -0.2) is 14.9 Å². The Bertz CT molecular complexity index is 1260. The van der Waals surface area contributed by atoms with E-state index in [9.17, 15) is 0 Å². The zero-order chi connectivity index (χ0) is 22.6. The van der Waals surface area contributed by atoms with Crippen LogP contribution >= 0.6 is 0 Å². The summed E-state index contributed by atoms with van der Waals surface area (Å²) in [6.07, 6.45) is 0.341. The first-order valence-corrected chi connectivity index (χ1v) is 11.1. The van der Waals surface area contributed by atoms with E-state index < -0.39 is 5.72 Å². The minimum Gasteiger partial charge on any atom is -0.489 e. The van der Waals surface area contributed by atoms with Gasteiger partial charge in [-0.15, -0.1) is 0 Å². The van der Waals surface area contributed by atoms with Crippen LogP contribution in [-0.2, 0) is 21.9 Å². The van der Waals surface area contributed by atoms with Crippen LogP contribution in [0.5, 0.6) is 5.75 Å². The number of aliphatic imine (C=N–C) groups is 1. The normalized spacial score (nSPS) is 25.8. The average Bonchev–Trinajstić information content (AvgIpc) is 3.11. The van der Waals surface area contributed by atoms with Crippen LogP contribution in [0.25, 0.3) is 11.1 Å². The summed E-state index contributed by atoms with van der Waals surface area (Å²) in [6.45, 7) is 1.21. The van der Waals surface area contributed by atoms with Crippen molar-refractivity contribution in [1.82, 2.24) is 5.06 Å². The molecular formula is C26H26N4O3. The number of guanidine groups is 1. The van der Waals surface area contributed by atoms with Crippen LogP contribution in [0.2, 0.25) is 0 Å². The minimum atomic E-state index is -0.959. The monoisotopic (exact) mass is 442 g/mol. The molecule has 3 aromatic rings. The summed E-state index contributed by atoms with van der Waals surface area (Å²) >= 11 is 0. The van der Waals surface area contributed by atoms with Crippen molar-refractivity contribution in [2.24, 2.45) is 10.7 Å². The van der Waals surface area contributed by atoms with Gasteiger partial charge in [-0.2, -0.15) is 0 Å². The Morgan fingerprint density at radius 2 is 1.85 bits per heavy atom. The first-order chi connectivity index (χ1) is 16.0. The molecule has 7 nitrogen and oxygen atoms in total. The van der Waals surface area contributed by atoms with E-state index in [-0.39, 0.29) is 12.0 Å². The number of hydrogen-bond acceptors (Lipinski definition) is 7. The first-order valence-electron chi connectivity index (χ1n) is 11.1. The van der Waals surface area contributed by atoms with Crippen molar-refractivity contribution in [2.75, 3.05) is 19.4 Å². The van der Waals surface area contributed by atoms with Crippen molar-refractivity contribution in [3.05, 3.63) is 83.4 Å². The topological polar surface area (TPSA) is 95.3 Å². The molecule has 33 heavy (non-hydrogen) atoms. The predicted molar refractivity (Wildman–Crippen MR) is 126 cm³/mol. The van der Waals surface area contributed by atoms with Gasteiger partial charge in [0.25, 0.3) is 0 Å². The lowest BCUT2D eigenvalue weighted by Crippen LogP contribution is -2.43. The number of anilines is 1. The number of nitrogens with zero attached hydrogens (tertiary/aromatic N) is 2. The lowest BCUT2D eigenvalue weighted by molar-refractivity contribution is -0.193. The summed E-state index contributed by atoms with van der Waals surface area (Å²) in [5.41, 5.74) is 17.3. The smallest absolute Gasteiger partial charge is 0.221 e. The number of hydroxylamine groups is 2. The third-order valence-electron chi connectivity index (χ3n) is 6.74. The van der Waals surface area contributed by atoms with Gasteiger partial charge >= 0.3 is 0 Å². The Labute approximate surface area is 192 Å². The largest absolute Gasteiger partial charge is 0.489 e. The summed E-state index contributed by atoms with van der Waals surface area (Å²) in [5.74, 6) is 1.16. The van der Waals surface area contributed by atoms with E-state index in [1.807, 2.05) is 42.5 Å². The first kappa shape index (κ1) is 20.1. The number of fused-ring (bicyclic) bond motifs is 3. The van der Waals surface area contributed by atoms with Crippen LogP contribution < -0.4 is 16.2 Å². The highest BCUT2D eigenvalue weighted by Crippen LogP contribution is 2.50. The van der Waals surface area contributed by atoms with Gasteiger partial charge in [0, 0.05) is 25.1 Å². The van der Waals surface area contributed by atoms with E-state index >= 15 is 0 Å². The zero-order valence-corrected chi connectivity index (χ0v) is 18.4. The standard InChI is InChI=1S/C26H26N4O3/c1-30-25(28)29-26(33-30)13-24(21-15-31-14-18-5-2-3-8-20(18)21)32-23-10-9-17(12-22(23)26)16-6-4-7-19(27)11-16/h2-12,21,24H,13-15,27H2,1H3,(H2,28,29). The molecule has 168 valence electrons. The molecule has 3 heterocycles. The molecule has 0 fully saturated rings. The molecule has 0 radical (unpaired) electrons. The molecule has 3 aliphatic rings. The highest BCUT2D eigenvalue weighted by atomic mass is 16.7. The number of nitrogen functional groups attached to an aromatic ring is 1. The SMILES string of the molecule is CN1OC2(CC(C3COCc4ccccc43)Oc3ccc(-c4cccc(N)c4)cc32)N=C1N. The minimum absolute atomic E-state index is 0.0690. The van der Waals surface area contributed by atoms with E-state index in [1.165, 1.54) is 16.2 Å². The molecule has 4 N–H and O–H groups in total. The van der Waals surface area contributed by atoms with Crippen LogP contribution in [0.3, 0.4) is 0 Å². The molecule has 6 rings (SSSR count). The Morgan fingerprint density at radius 1 is 1.00 bits per heavy atom. The lowest BCUT2D eigenvalue weighted by atomic mass is 9.81. The van der Waals surface area contributed by atoms with Crippen molar-refractivity contribution >= 4 is 11.6 Å².